The molecule has 1 aliphatic rings. The van der Waals surface area contributed by atoms with Gasteiger partial charge >= 0.3 is 0 Å². The minimum absolute atomic E-state index is 0.0404. The number of nitrogens with one attached hydrogen (secondary N) is 3. The molecule has 2 rings (SSSR count). The molecule has 7 heteroatoms. The van der Waals surface area contributed by atoms with E-state index in [0.29, 0.717) is 17.9 Å². The van der Waals surface area contributed by atoms with Crippen LogP contribution in [0.1, 0.15) is 16.8 Å². The van der Waals surface area contributed by atoms with Crippen molar-refractivity contribution in [1.29, 1.82) is 0 Å². The van der Waals surface area contributed by atoms with Gasteiger partial charge in [-0.1, -0.05) is 12.1 Å². The van der Waals surface area contributed by atoms with Crippen molar-refractivity contribution in [2.45, 2.75) is 6.42 Å². The van der Waals surface area contributed by atoms with Crippen LogP contribution in [0, 0.1) is 0 Å². The number of para-hydroxylation sites is 1. The van der Waals surface area contributed by atoms with E-state index in [-0.39, 0.29) is 18.4 Å². The quantitative estimate of drug-likeness (QED) is 0.524. The van der Waals surface area contributed by atoms with Crippen LogP contribution >= 0.6 is 0 Å². The molecule has 24 heavy (non-hydrogen) atoms. The lowest BCUT2D eigenvalue weighted by Crippen LogP contribution is -3.14. The summed E-state index contributed by atoms with van der Waals surface area (Å²) in [4.78, 5) is 25.4. The maximum absolute atomic E-state index is 12.1. The number of rotatable bonds is 8. The molecule has 7 nitrogen and oxygen atoms in total. The van der Waals surface area contributed by atoms with Crippen molar-refractivity contribution in [1.82, 2.24) is 10.6 Å². The molecule has 0 atom stereocenters. The fourth-order valence-corrected chi connectivity index (χ4v) is 2.63. The van der Waals surface area contributed by atoms with Gasteiger partial charge in [0, 0.05) is 13.0 Å². The van der Waals surface area contributed by atoms with Crippen LogP contribution in [0.4, 0.5) is 0 Å². The number of carbonyl (C=O) groups excluding carboxylic acids is 2. The van der Waals surface area contributed by atoms with Gasteiger partial charge in [-0.2, -0.15) is 0 Å². The van der Waals surface area contributed by atoms with Gasteiger partial charge in [-0.25, -0.2) is 0 Å². The molecule has 0 unspecified atom stereocenters. The first-order valence-corrected chi connectivity index (χ1v) is 8.30. The van der Waals surface area contributed by atoms with E-state index in [0.717, 1.165) is 39.3 Å². The van der Waals surface area contributed by atoms with Crippen LogP contribution in [0.2, 0.25) is 0 Å². The summed E-state index contributed by atoms with van der Waals surface area (Å²) in [5.41, 5.74) is 0.420. The highest BCUT2D eigenvalue weighted by Gasteiger charge is 2.14. The summed E-state index contributed by atoms with van der Waals surface area (Å²) in [5, 5.41) is 5.44. The van der Waals surface area contributed by atoms with Gasteiger partial charge in [0.15, 0.2) is 0 Å². The number of amides is 2. The van der Waals surface area contributed by atoms with Crippen LogP contribution in [0.25, 0.3) is 0 Å². The van der Waals surface area contributed by atoms with Gasteiger partial charge in [0.2, 0.25) is 5.91 Å². The van der Waals surface area contributed by atoms with E-state index in [1.807, 2.05) is 0 Å². The van der Waals surface area contributed by atoms with Crippen LogP contribution in [0.15, 0.2) is 24.3 Å². The zero-order valence-electron chi connectivity index (χ0n) is 14.1. The normalized spacial score (nSPS) is 14.9. The van der Waals surface area contributed by atoms with E-state index in [2.05, 4.69) is 10.6 Å². The van der Waals surface area contributed by atoms with Crippen molar-refractivity contribution < 1.29 is 24.0 Å². The Morgan fingerprint density at radius 3 is 2.71 bits per heavy atom. The Bertz CT molecular complexity index is 544. The van der Waals surface area contributed by atoms with Gasteiger partial charge in [0.1, 0.15) is 18.8 Å². The van der Waals surface area contributed by atoms with Crippen molar-refractivity contribution in [3.8, 4) is 5.75 Å². The fourth-order valence-electron chi connectivity index (χ4n) is 2.63. The Balaban J connectivity index is 1.62. The minimum atomic E-state index is -0.319. The molecule has 0 spiro atoms. The summed E-state index contributed by atoms with van der Waals surface area (Å²) in [6.07, 6.45) is 0.918. The third-order valence-electron chi connectivity index (χ3n) is 3.99. The largest absolute Gasteiger partial charge is 0.496 e. The molecule has 0 aromatic heterocycles. The van der Waals surface area contributed by atoms with E-state index in [9.17, 15) is 9.59 Å². The first-order chi connectivity index (χ1) is 11.7. The number of quaternary nitrogens is 1. The zero-order valence-corrected chi connectivity index (χ0v) is 14.1. The molecule has 1 saturated heterocycles. The lowest BCUT2D eigenvalue weighted by molar-refractivity contribution is -0.908. The predicted octanol–water partition coefficient (Wildman–Crippen LogP) is -1.15. The second kappa shape index (κ2) is 9.89. The predicted molar refractivity (Wildman–Crippen MR) is 89.3 cm³/mol. The van der Waals surface area contributed by atoms with E-state index in [1.165, 1.54) is 12.0 Å². The smallest absolute Gasteiger partial charge is 0.255 e. The molecule has 0 bridgehead atoms. The fraction of sp³-hybridized carbons (Fsp3) is 0.529. The van der Waals surface area contributed by atoms with Gasteiger partial charge in [-0.3, -0.25) is 9.59 Å². The molecule has 1 aromatic carbocycles. The molecular weight excluding hydrogens is 310 g/mol. The van der Waals surface area contributed by atoms with Crippen molar-refractivity contribution in [2.75, 3.05) is 53.0 Å². The lowest BCUT2D eigenvalue weighted by atomic mass is 10.2. The van der Waals surface area contributed by atoms with Crippen molar-refractivity contribution in [2.24, 2.45) is 0 Å². The SMILES string of the molecule is COc1ccccc1C(=O)NCC(=O)NCCC[NH+]1CCOCC1. The van der Waals surface area contributed by atoms with Crippen LogP contribution in [-0.4, -0.2) is 64.9 Å². The number of hydrogen-bond donors (Lipinski definition) is 3. The maximum atomic E-state index is 12.1. The van der Waals surface area contributed by atoms with Crippen molar-refractivity contribution in [3.63, 3.8) is 0 Å². The molecule has 0 saturated carbocycles. The number of carbonyl (C=O) groups is 2. The van der Waals surface area contributed by atoms with E-state index in [1.54, 1.807) is 24.3 Å². The number of hydrogen-bond acceptors (Lipinski definition) is 4. The van der Waals surface area contributed by atoms with Gasteiger partial charge in [-0.15, -0.1) is 0 Å². The first-order valence-electron chi connectivity index (χ1n) is 8.30. The summed E-state index contributed by atoms with van der Waals surface area (Å²) in [6, 6.07) is 6.92. The lowest BCUT2D eigenvalue weighted by Gasteiger charge is -2.23. The molecule has 3 N–H and O–H groups in total. The van der Waals surface area contributed by atoms with Gasteiger partial charge < -0.3 is 25.0 Å². The van der Waals surface area contributed by atoms with Crippen LogP contribution in [0.5, 0.6) is 5.75 Å². The van der Waals surface area contributed by atoms with Gasteiger partial charge in [0.05, 0.1) is 39.0 Å². The summed E-state index contributed by atoms with van der Waals surface area (Å²) >= 11 is 0. The Morgan fingerprint density at radius 2 is 1.96 bits per heavy atom. The van der Waals surface area contributed by atoms with Crippen molar-refractivity contribution >= 4 is 11.8 Å². The van der Waals surface area contributed by atoms with Crippen molar-refractivity contribution in [3.05, 3.63) is 29.8 Å². The second-order valence-corrected chi connectivity index (χ2v) is 5.70. The number of benzene rings is 1. The molecule has 1 aromatic rings. The highest BCUT2D eigenvalue weighted by atomic mass is 16.5. The Kier molecular flexibility index (Phi) is 7.51. The molecule has 1 aliphatic heterocycles. The standard InChI is InChI=1S/C17H25N3O4/c1-23-15-6-3-2-5-14(15)17(22)19-13-16(21)18-7-4-8-20-9-11-24-12-10-20/h2-3,5-6H,4,7-13H2,1H3,(H,18,21)(H,19,22)/p+1. The first kappa shape index (κ1) is 18.2. The average molecular weight is 336 g/mol. The highest BCUT2D eigenvalue weighted by Crippen LogP contribution is 2.16. The Hall–Kier alpha value is -2.12. The molecular formula is C17H26N3O4+. The van der Waals surface area contributed by atoms with Gasteiger partial charge in [0.25, 0.3) is 5.91 Å². The number of ether oxygens (including phenoxy) is 2. The molecule has 0 radical (unpaired) electrons. The zero-order chi connectivity index (χ0) is 17.2. The van der Waals surface area contributed by atoms with E-state index in [4.69, 9.17) is 9.47 Å². The minimum Gasteiger partial charge on any atom is -0.496 e. The maximum Gasteiger partial charge on any atom is 0.255 e. The topological polar surface area (TPSA) is 81.1 Å². The highest BCUT2D eigenvalue weighted by molar-refractivity contribution is 5.98. The van der Waals surface area contributed by atoms with E-state index >= 15 is 0 Å². The van der Waals surface area contributed by atoms with Crippen LogP contribution in [0.3, 0.4) is 0 Å². The van der Waals surface area contributed by atoms with Gasteiger partial charge in [-0.05, 0) is 12.1 Å². The number of methoxy groups -OCH3 is 1. The molecule has 1 fully saturated rings. The van der Waals surface area contributed by atoms with E-state index < -0.39 is 0 Å². The summed E-state index contributed by atoms with van der Waals surface area (Å²) in [7, 11) is 1.51. The molecule has 1 heterocycles. The Morgan fingerprint density at radius 1 is 1.21 bits per heavy atom. The third kappa shape index (κ3) is 5.82. The average Bonchev–Trinajstić information content (AvgIpc) is 2.64. The molecule has 2 amide bonds. The number of morpholine rings is 1. The molecule has 0 aliphatic carbocycles. The van der Waals surface area contributed by atoms with Crippen LogP contribution < -0.4 is 20.3 Å². The third-order valence-corrected chi connectivity index (χ3v) is 3.99. The Labute approximate surface area is 142 Å². The summed E-state index contributed by atoms with van der Waals surface area (Å²) in [5.74, 6) is -0.0144. The molecule has 132 valence electrons. The van der Waals surface area contributed by atoms with Crippen LogP contribution in [-0.2, 0) is 9.53 Å². The summed E-state index contributed by atoms with van der Waals surface area (Å²) in [6.45, 7) is 5.30. The summed E-state index contributed by atoms with van der Waals surface area (Å²) < 4.78 is 10.4. The monoisotopic (exact) mass is 336 g/mol. The second-order valence-electron chi connectivity index (χ2n) is 5.70.